The molecule has 164 valence electrons. The lowest BCUT2D eigenvalue weighted by atomic mass is 9.99. The number of hydrogen-bond donors (Lipinski definition) is 1. The van der Waals surface area contributed by atoms with Crippen molar-refractivity contribution in [3.63, 3.8) is 0 Å². The summed E-state index contributed by atoms with van der Waals surface area (Å²) >= 11 is 0. The summed E-state index contributed by atoms with van der Waals surface area (Å²) in [4.78, 5) is 29.4. The van der Waals surface area contributed by atoms with Crippen LogP contribution in [0.1, 0.15) is 31.7 Å². The van der Waals surface area contributed by atoms with E-state index in [2.05, 4.69) is 29.3 Å². The van der Waals surface area contributed by atoms with E-state index in [1.165, 1.54) is 18.4 Å². The van der Waals surface area contributed by atoms with Gasteiger partial charge >= 0.3 is 0 Å². The Hall–Kier alpha value is -2.86. The fraction of sp³-hybridized carbons (Fsp3) is 0.440. The molecule has 2 aliphatic heterocycles. The number of amides is 2. The largest absolute Gasteiger partial charge is 0.497 e. The topological polar surface area (TPSA) is 61.9 Å². The molecule has 0 spiro atoms. The Kier molecular flexibility index (Phi) is 6.56. The van der Waals surface area contributed by atoms with Crippen molar-refractivity contribution >= 4 is 23.2 Å². The van der Waals surface area contributed by atoms with Crippen molar-refractivity contribution in [1.82, 2.24) is 4.90 Å². The number of hydrogen-bond acceptors (Lipinski definition) is 4. The van der Waals surface area contributed by atoms with E-state index >= 15 is 0 Å². The second-order valence-corrected chi connectivity index (χ2v) is 8.75. The normalized spacial score (nSPS) is 20.1. The number of rotatable bonds is 6. The minimum absolute atomic E-state index is 0.0420. The zero-order valence-corrected chi connectivity index (χ0v) is 18.3. The summed E-state index contributed by atoms with van der Waals surface area (Å²) in [5.41, 5.74) is 2.79. The molecule has 31 heavy (non-hydrogen) atoms. The van der Waals surface area contributed by atoms with E-state index in [0.717, 1.165) is 36.9 Å². The van der Waals surface area contributed by atoms with Crippen LogP contribution >= 0.6 is 0 Å². The van der Waals surface area contributed by atoms with Gasteiger partial charge in [-0.3, -0.25) is 14.5 Å². The highest BCUT2D eigenvalue weighted by Crippen LogP contribution is 2.28. The molecule has 2 saturated heterocycles. The molecule has 2 fully saturated rings. The van der Waals surface area contributed by atoms with Crippen molar-refractivity contribution in [2.24, 2.45) is 11.8 Å². The Morgan fingerprint density at radius 1 is 1.13 bits per heavy atom. The maximum Gasteiger partial charge on any atom is 0.229 e. The average molecular weight is 422 g/mol. The van der Waals surface area contributed by atoms with Crippen molar-refractivity contribution in [3.8, 4) is 5.75 Å². The Labute approximate surface area is 184 Å². The summed E-state index contributed by atoms with van der Waals surface area (Å²) < 4.78 is 5.24. The molecular weight excluding hydrogens is 390 g/mol. The first kappa shape index (κ1) is 21.4. The van der Waals surface area contributed by atoms with Crippen LogP contribution in [-0.4, -0.2) is 43.5 Å². The van der Waals surface area contributed by atoms with Crippen LogP contribution in [0.3, 0.4) is 0 Å². The summed E-state index contributed by atoms with van der Waals surface area (Å²) in [5, 5.41) is 2.98. The smallest absolute Gasteiger partial charge is 0.229 e. The third-order valence-electron chi connectivity index (χ3n) is 6.36. The number of carbonyl (C=O) groups excluding carboxylic acids is 2. The molecule has 2 amide bonds. The maximum atomic E-state index is 12.8. The van der Waals surface area contributed by atoms with Crippen LogP contribution in [0.2, 0.25) is 0 Å². The summed E-state index contributed by atoms with van der Waals surface area (Å²) in [7, 11) is 1.60. The van der Waals surface area contributed by atoms with Gasteiger partial charge in [-0.25, -0.2) is 0 Å². The third-order valence-corrected chi connectivity index (χ3v) is 6.36. The highest BCUT2D eigenvalue weighted by Gasteiger charge is 2.35. The number of anilines is 2. The predicted octanol–water partition coefficient (Wildman–Crippen LogP) is 3.92. The molecule has 1 unspecified atom stereocenters. The number of nitrogens with one attached hydrogen (secondary N) is 1. The van der Waals surface area contributed by atoms with E-state index in [9.17, 15) is 9.59 Å². The molecule has 0 saturated carbocycles. The van der Waals surface area contributed by atoms with Gasteiger partial charge in [0.2, 0.25) is 11.8 Å². The summed E-state index contributed by atoms with van der Waals surface area (Å²) in [5.74, 6) is 0.998. The van der Waals surface area contributed by atoms with Crippen LogP contribution in [-0.2, 0) is 16.1 Å². The number of likely N-dealkylation sites (tertiary alicyclic amines) is 1. The fourth-order valence-electron chi connectivity index (χ4n) is 4.33. The highest BCUT2D eigenvalue weighted by molar-refractivity contribution is 6.03. The van der Waals surface area contributed by atoms with Crippen molar-refractivity contribution in [3.05, 3.63) is 54.1 Å². The van der Waals surface area contributed by atoms with Crippen LogP contribution in [0.25, 0.3) is 0 Å². The monoisotopic (exact) mass is 421 g/mol. The lowest BCUT2D eigenvalue weighted by molar-refractivity contribution is -0.122. The molecule has 1 N–H and O–H groups in total. The second-order valence-electron chi connectivity index (χ2n) is 8.75. The Bertz CT molecular complexity index is 920. The second kappa shape index (κ2) is 9.52. The van der Waals surface area contributed by atoms with Gasteiger partial charge in [0.05, 0.1) is 13.0 Å². The number of methoxy groups -OCH3 is 1. The van der Waals surface area contributed by atoms with Crippen LogP contribution < -0.4 is 15.0 Å². The molecule has 0 aliphatic carbocycles. The summed E-state index contributed by atoms with van der Waals surface area (Å²) in [6.07, 6.45) is 2.75. The molecule has 2 aliphatic rings. The number of piperidine rings is 1. The Balaban J connectivity index is 1.32. The van der Waals surface area contributed by atoms with Crippen LogP contribution in [0, 0.1) is 11.8 Å². The molecule has 2 heterocycles. The SMILES string of the molecule is COc1cccc(N2CC(C(=O)Nc3ccc(CN4CCC(C)CC4)cc3)CC2=O)c1. The van der Waals surface area contributed by atoms with Crippen molar-refractivity contribution in [1.29, 1.82) is 0 Å². The van der Waals surface area contributed by atoms with Gasteiger partial charge in [-0.1, -0.05) is 25.1 Å². The van der Waals surface area contributed by atoms with E-state index in [-0.39, 0.29) is 24.2 Å². The molecule has 0 radical (unpaired) electrons. The van der Waals surface area contributed by atoms with Gasteiger partial charge < -0.3 is 15.0 Å². The number of ether oxygens (including phenoxy) is 1. The molecule has 0 aromatic heterocycles. The van der Waals surface area contributed by atoms with E-state index in [0.29, 0.717) is 12.3 Å². The molecule has 4 rings (SSSR count). The van der Waals surface area contributed by atoms with Gasteiger partial charge in [0.25, 0.3) is 0 Å². The molecule has 6 heteroatoms. The molecule has 0 bridgehead atoms. The minimum atomic E-state index is -0.367. The van der Waals surface area contributed by atoms with E-state index in [4.69, 9.17) is 4.74 Å². The van der Waals surface area contributed by atoms with Crippen LogP contribution in [0.4, 0.5) is 11.4 Å². The number of benzene rings is 2. The molecule has 2 aromatic carbocycles. The highest BCUT2D eigenvalue weighted by atomic mass is 16.5. The number of carbonyl (C=O) groups is 2. The zero-order valence-electron chi connectivity index (χ0n) is 18.3. The first-order valence-electron chi connectivity index (χ1n) is 11.1. The lowest BCUT2D eigenvalue weighted by Crippen LogP contribution is -2.32. The van der Waals surface area contributed by atoms with E-state index < -0.39 is 0 Å². The van der Waals surface area contributed by atoms with Gasteiger partial charge in [0, 0.05) is 37.0 Å². The summed E-state index contributed by atoms with van der Waals surface area (Å²) in [6, 6.07) is 15.4. The average Bonchev–Trinajstić information content (AvgIpc) is 3.18. The number of nitrogens with zero attached hydrogens (tertiary/aromatic N) is 2. The van der Waals surface area contributed by atoms with Crippen molar-refractivity contribution in [2.75, 3.05) is 37.0 Å². The van der Waals surface area contributed by atoms with Gasteiger partial charge in [-0.15, -0.1) is 0 Å². The van der Waals surface area contributed by atoms with Gasteiger partial charge in [-0.05, 0) is 61.7 Å². The molecule has 2 aromatic rings. The van der Waals surface area contributed by atoms with Gasteiger partial charge in [0.15, 0.2) is 0 Å². The Morgan fingerprint density at radius 3 is 2.58 bits per heavy atom. The fourth-order valence-corrected chi connectivity index (χ4v) is 4.33. The van der Waals surface area contributed by atoms with Crippen molar-refractivity contribution < 1.29 is 14.3 Å². The minimum Gasteiger partial charge on any atom is -0.497 e. The summed E-state index contributed by atoms with van der Waals surface area (Å²) in [6.45, 7) is 5.96. The molecular formula is C25H31N3O3. The third kappa shape index (κ3) is 5.25. The van der Waals surface area contributed by atoms with Gasteiger partial charge in [-0.2, -0.15) is 0 Å². The molecule has 6 nitrogen and oxygen atoms in total. The zero-order chi connectivity index (χ0) is 21.8. The quantitative estimate of drug-likeness (QED) is 0.768. The van der Waals surface area contributed by atoms with Gasteiger partial charge in [0.1, 0.15) is 5.75 Å². The van der Waals surface area contributed by atoms with Crippen LogP contribution in [0.5, 0.6) is 5.75 Å². The maximum absolute atomic E-state index is 12.8. The van der Waals surface area contributed by atoms with Crippen molar-refractivity contribution in [2.45, 2.75) is 32.7 Å². The lowest BCUT2D eigenvalue weighted by Gasteiger charge is -2.30. The first-order chi connectivity index (χ1) is 15.0. The predicted molar refractivity (Wildman–Crippen MR) is 122 cm³/mol. The first-order valence-corrected chi connectivity index (χ1v) is 11.1. The Morgan fingerprint density at radius 2 is 1.87 bits per heavy atom. The standard InChI is InChI=1S/C25H31N3O3/c1-18-10-12-27(13-11-18)16-19-6-8-21(9-7-19)26-25(30)20-14-24(29)28(17-20)22-4-3-5-23(15-22)31-2/h3-9,15,18,20H,10-14,16-17H2,1-2H3,(H,26,30). The van der Waals surface area contributed by atoms with E-state index in [1.807, 2.05) is 36.4 Å². The van der Waals surface area contributed by atoms with Crippen LogP contribution in [0.15, 0.2) is 48.5 Å². The van der Waals surface area contributed by atoms with E-state index in [1.54, 1.807) is 12.0 Å². The molecule has 1 atom stereocenters.